The van der Waals surface area contributed by atoms with Crippen molar-refractivity contribution >= 4 is 23.0 Å². The minimum atomic E-state index is -0.257. The van der Waals surface area contributed by atoms with Gasteiger partial charge >= 0.3 is 0 Å². The summed E-state index contributed by atoms with van der Waals surface area (Å²) in [5.41, 5.74) is 3.62. The summed E-state index contributed by atoms with van der Waals surface area (Å²) in [4.78, 5) is 4.67. The van der Waals surface area contributed by atoms with Crippen molar-refractivity contribution < 1.29 is 9.50 Å². The second-order valence-corrected chi connectivity index (χ2v) is 8.38. The lowest BCUT2D eigenvalue weighted by Crippen LogP contribution is -2.33. The first-order chi connectivity index (χ1) is 15.0. The maximum Gasteiger partial charge on any atom is 0.163 e. The van der Waals surface area contributed by atoms with E-state index in [1.54, 1.807) is 4.52 Å². The van der Waals surface area contributed by atoms with Crippen LogP contribution in [-0.4, -0.2) is 45.9 Å². The lowest BCUT2D eigenvalue weighted by Gasteiger charge is -2.24. The summed E-state index contributed by atoms with van der Waals surface area (Å²) in [6, 6.07) is 6.78. The van der Waals surface area contributed by atoms with Crippen LogP contribution in [0.1, 0.15) is 49.1 Å². The Hall–Kier alpha value is -2.71. The van der Waals surface area contributed by atoms with Gasteiger partial charge in [0.2, 0.25) is 0 Å². The smallest absolute Gasteiger partial charge is 0.163 e. The first kappa shape index (κ1) is 21.5. The number of nitrogens with zero attached hydrogens (tertiary/aromatic N) is 3. The van der Waals surface area contributed by atoms with Crippen LogP contribution in [0.2, 0.25) is 0 Å². The third kappa shape index (κ3) is 5.14. The van der Waals surface area contributed by atoms with Gasteiger partial charge in [0, 0.05) is 30.9 Å². The van der Waals surface area contributed by atoms with Crippen molar-refractivity contribution in [3.63, 3.8) is 0 Å². The molecule has 1 unspecified atom stereocenters. The van der Waals surface area contributed by atoms with E-state index in [1.807, 2.05) is 32.3 Å². The number of rotatable bonds is 4. The van der Waals surface area contributed by atoms with Gasteiger partial charge < -0.3 is 21.1 Å². The summed E-state index contributed by atoms with van der Waals surface area (Å²) in [6.07, 6.45) is 7.59. The zero-order chi connectivity index (χ0) is 21.8. The van der Waals surface area contributed by atoms with Gasteiger partial charge in [-0.15, -0.1) is 0 Å². The zero-order valence-electron chi connectivity index (χ0n) is 18.2. The Morgan fingerprint density at radius 3 is 2.58 bits per heavy atom. The molecule has 0 spiro atoms. The molecule has 4 N–H and O–H groups in total. The Kier molecular flexibility index (Phi) is 6.67. The number of nitrogens with one attached hydrogen (secondary N) is 3. The van der Waals surface area contributed by atoms with Crippen molar-refractivity contribution in [2.75, 3.05) is 30.8 Å². The summed E-state index contributed by atoms with van der Waals surface area (Å²) in [5, 5.41) is 22.8. The molecule has 1 aliphatic carbocycles. The molecule has 0 bridgehead atoms. The zero-order valence-corrected chi connectivity index (χ0v) is 18.2. The van der Waals surface area contributed by atoms with Crippen LogP contribution in [0.15, 0.2) is 30.5 Å². The molecule has 1 atom stereocenters. The van der Waals surface area contributed by atoms with E-state index in [4.69, 9.17) is 5.11 Å². The number of halogens is 1. The van der Waals surface area contributed by atoms with E-state index in [9.17, 15) is 4.39 Å². The molecule has 2 fully saturated rings. The number of piperidine rings is 1. The molecule has 2 aliphatic rings. The number of β-amino-alcohol motifs (C(OH)–C–C–N with tert-alkyl or cyclic N) is 1. The summed E-state index contributed by atoms with van der Waals surface area (Å²) >= 11 is 0. The molecular formula is C23H31FN6O. The number of fused-ring (bicyclic) bond motifs is 1. The number of aromatic nitrogens is 3. The molecule has 166 valence electrons. The number of aliphatic hydroxyl groups is 1. The summed E-state index contributed by atoms with van der Waals surface area (Å²) < 4.78 is 15.5. The van der Waals surface area contributed by atoms with E-state index in [2.05, 4.69) is 26.0 Å². The van der Waals surface area contributed by atoms with Gasteiger partial charge in [-0.05, 0) is 68.8 Å². The Labute approximate surface area is 182 Å². The van der Waals surface area contributed by atoms with E-state index in [-0.39, 0.29) is 11.9 Å². The normalized spacial score (nSPS) is 18.8. The highest BCUT2D eigenvalue weighted by Crippen LogP contribution is 2.38. The molecule has 1 aliphatic heterocycles. The highest BCUT2D eigenvalue weighted by Gasteiger charge is 2.24. The highest BCUT2D eigenvalue weighted by molar-refractivity contribution is 5.66. The molecule has 5 rings (SSSR count). The molecule has 1 saturated heterocycles. The maximum atomic E-state index is 13.7. The van der Waals surface area contributed by atoms with Crippen molar-refractivity contribution in [3.8, 4) is 0 Å². The number of hydrogen-bond donors (Lipinski definition) is 4. The van der Waals surface area contributed by atoms with Crippen LogP contribution in [0, 0.1) is 12.7 Å². The van der Waals surface area contributed by atoms with Gasteiger partial charge in [0.25, 0.3) is 0 Å². The van der Waals surface area contributed by atoms with E-state index in [0.29, 0.717) is 11.6 Å². The third-order valence-electron chi connectivity index (χ3n) is 5.89. The van der Waals surface area contributed by atoms with E-state index in [0.717, 1.165) is 48.8 Å². The van der Waals surface area contributed by atoms with Crippen LogP contribution >= 0.6 is 0 Å². The molecule has 0 amide bonds. The minimum Gasteiger partial charge on any atom is -0.392 e. The van der Waals surface area contributed by atoms with Crippen molar-refractivity contribution in [3.05, 3.63) is 47.4 Å². The lowest BCUT2D eigenvalue weighted by molar-refractivity contribution is 0.142. The largest absolute Gasteiger partial charge is 0.392 e. The van der Waals surface area contributed by atoms with Gasteiger partial charge in [-0.2, -0.15) is 9.61 Å². The van der Waals surface area contributed by atoms with Crippen LogP contribution in [0.25, 0.3) is 5.65 Å². The molecule has 31 heavy (non-hydrogen) atoms. The van der Waals surface area contributed by atoms with Crippen molar-refractivity contribution in [2.45, 2.75) is 51.0 Å². The first-order valence-electron chi connectivity index (χ1n) is 11.0. The molecule has 3 aromatic rings. The van der Waals surface area contributed by atoms with E-state index >= 15 is 0 Å². The van der Waals surface area contributed by atoms with Crippen LogP contribution in [0.5, 0.6) is 0 Å². The number of aliphatic hydroxyl groups excluding tert-OH is 1. The number of hydrogen-bond acceptors (Lipinski definition) is 6. The maximum absolute atomic E-state index is 13.7. The van der Waals surface area contributed by atoms with Crippen LogP contribution in [0.4, 0.5) is 21.7 Å². The van der Waals surface area contributed by atoms with Crippen molar-refractivity contribution in [1.82, 2.24) is 19.9 Å². The fraction of sp³-hybridized carbons (Fsp3) is 0.478. The second kappa shape index (κ2) is 9.62. The molecule has 0 radical (unpaired) electrons. The standard InChI is InChI=1S/C18H20FN5.C5H11NO/c1-11-6-13(19)8-14(7-11)22-17-9-16(20-2)23-18-15(10-21-24(17)18)12-4-3-5-12;7-5-2-1-3-6-4-5/h6-10,12,22H,3-5H2,1-2H3,(H,20,23);5-7H,1-4H2. The Bertz CT molecular complexity index is 1010. The highest BCUT2D eigenvalue weighted by atomic mass is 19.1. The Balaban J connectivity index is 0.000000282. The Morgan fingerprint density at radius 1 is 1.16 bits per heavy atom. The molecule has 7 nitrogen and oxygen atoms in total. The summed E-state index contributed by atoms with van der Waals surface area (Å²) in [5.74, 6) is 1.82. The SMILES string of the molecule is CNc1cc(Nc2cc(C)cc(F)c2)n2ncc(C3CCC3)c2n1.OC1CCCNC1. The second-order valence-electron chi connectivity index (χ2n) is 8.38. The summed E-state index contributed by atoms with van der Waals surface area (Å²) in [6.45, 7) is 3.75. The van der Waals surface area contributed by atoms with Gasteiger partial charge in [0.1, 0.15) is 17.5 Å². The van der Waals surface area contributed by atoms with Gasteiger partial charge in [0.15, 0.2) is 5.65 Å². The number of aryl methyl sites for hydroxylation is 1. The third-order valence-corrected chi connectivity index (χ3v) is 5.89. The molecule has 8 heteroatoms. The first-order valence-corrected chi connectivity index (χ1v) is 11.0. The molecule has 2 aromatic heterocycles. The monoisotopic (exact) mass is 426 g/mol. The van der Waals surface area contributed by atoms with Gasteiger partial charge in [-0.1, -0.05) is 6.42 Å². The fourth-order valence-corrected chi connectivity index (χ4v) is 3.99. The van der Waals surface area contributed by atoms with E-state index < -0.39 is 0 Å². The predicted molar refractivity (Wildman–Crippen MR) is 122 cm³/mol. The summed E-state index contributed by atoms with van der Waals surface area (Å²) in [7, 11) is 1.84. The van der Waals surface area contributed by atoms with Crippen molar-refractivity contribution in [2.24, 2.45) is 0 Å². The van der Waals surface area contributed by atoms with Crippen LogP contribution in [-0.2, 0) is 0 Å². The molecule has 1 aromatic carbocycles. The van der Waals surface area contributed by atoms with Gasteiger partial charge in [-0.25, -0.2) is 9.37 Å². The van der Waals surface area contributed by atoms with Crippen LogP contribution in [0.3, 0.4) is 0 Å². The lowest BCUT2D eigenvalue weighted by atomic mass is 9.81. The average molecular weight is 427 g/mol. The average Bonchev–Trinajstić information content (AvgIpc) is 3.11. The molecule has 3 heterocycles. The molecule has 1 saturated carbocycles. The topological polar surface area (TPSA) is 86.5 Å². The Morgan fingerprint density at radius 2 is 2.00 bits per heavy atom. The molecular weight excluding hydrogens is 395 g/mol. The minimum absolute atomic E-state index is 0.0752. The van der Waals surface area contributed by atoms with Crippen molar-refractivity contribution in [1.29, 1.82) is 0 Å². The number of anilines is 3. The van der Waals surface area contributed by atoms with Crippen LogP contribution < -0.4 is 16.0 Å². The fourth-order valence-electron chi connectivity index (χ4n) is 3.99. The predicted octanol–water partition coefficient (Wildman–Crippen LogP) is 3.96. The quantitative estimate of drug-likeness (QED) is 0.505. The van der Waals surface area contributed by atoms with E-state index in [1.165, 1.54) is 37.0 Å². The number of benzene rings is 1. The van der Waals surface area contributed by atoms with Gasteiger partial charge in [-0.3, -0.25) is 0 Å². The van der Waals surface area contributed by atoms with Gasteiger partial charge in [0.05, 0.1) is 12.3 Å².